The Balaban J connectivity index is 1.98. The quantitative estimate of drug-likeness (QED) is 0.713. The van der Waals surface area contributed by atoms with Crippen molar-refractivity contribution in [2.75, 3.05) is 5.73 Å². The van der Waals surface area contributed by atoms with E-state index in [9.17, 15) is 9.90 Å². The number of hydrogen-bond donors (Lipinski definition) is 3. The maximum absolute atomic E-state index is 11.9. The van der Waals surface area contributed by atoms with Crippen molar-refractivity contribution < 1.29 is 14.6 Å². The summed E-state index contributed by atoms with van der Waals surface area (Å²) in [5.41, 5.74) is 16.1. The van der Waals surface area contributed by atoms with Crippen LogP contribution < -0.4 is 16.2 Å². The van der Waals surface area contributed by atoms with Crippen LogP contribution in [0.25, 0.3) is 5.57 Å². The van der Waals surface area contributed by atoms with Gasteiger partial charge in [0.25, 0.3) is 0 Å². The van der Waals surface area contributed by atoms with E-state index in [0.717, 1.165) is 23.1 Å². The molecule has 0 spiro atoms. The second-order valence-corrected chi connectivity index (χ2v) is 6.83. The van der Waals surface area contributed by atoms with Gasteiger partial charge < -0.3 is 21.3 Å². The first-order valence-electron chi connectivity index (χ1n) is 8.58. The number of hydrogen-bond acceptors (Lipinski definition) is 4. The smallest absolute Gasteiger partial charge is 0.335 e. The molecule has 0 radical (unpaired) electrons. The molecule has 2 atom stereocenters. The van der Waals surface area contributed by atoms with Crippen molar-refractivity contribution in [3.05, 3.63) is 76.6 Å². The molecule has 5 heteroatoms. The summed E-state index contributed by atoms with van der Waals surface area (Å²) in [7, 11) is 0. The topological polar surface area (TPSA) is 98.6 Å². The van der Waals surface area contributed by atoms with Gasteiger partial charge in [0.1, 0.15) is 11.5 Å². The number of fused-ring (bicyclic) bond motifs is 2. The zero-order valence-electron chi connectivity index (χ0n) is 14.4. The molecule has 5 N–H and O–H groups in total. The van der Waals surface area contributed by atoms with Crippen LogP contribution in [0.2, 0.25) is 0 Å². The molecular formula is C21H20N2O3. The summed E-state index contributed by atoms with van der Waals surface area (Å²) in [6, 6.07) is 5.19. The van der Waals surface area contributed by atoms with Crippen LogP contribution in [0.3, 0.4) is 0 Å². The van der Waals surface area contributed by atoms with Crippen LogP contribution in [0.15, 0.2) is 71.1 Å². The molecule has 1 aromatic rings. The fourth-order valence-corrected chi connectivity index (χ4v) is 3.57. The van der Waals surface area contributed by atoms with Crippen LogP contribution in [0.5, 0.6) is 5.75 Å². The number of carboxylic acids is 1. The Labute approximate surface area is 151 Å². The van der Waals surface area contributed by atoms with Gasteiger partial charge in [0.05, 0.1) is 5.57 Å². The molecule has 2 unspecified atom stereocenters. The molecule has 0 aromatic heterocycles. The Kier molecular flexibility index (Phi) is 3.81. The molecule has 1 heterocycles. The van der Waals surface area contributed by atoms with Crippen molar-refractivity contribution in [1.29, 1.82) is 0 Å². The van der Waals surface area contributed by atoms with Crippen molar-refractivity contribution in [3.8, 4) is 5.75 Å². The van der Waals surface area contributed by atoms with Crippen LogP contribution in [-0.2, 0) is 4.79 Å². The lowest BCUT2D eigenvalue weighted by molar-refractivity contribution is -0.132. The number of carboxylic acid groups (broad SMARTS) is 1. The Hall–Kier alpha value is -3.05. The van der Waals surface area contributed by atoms with Gasteiger partial charge in [-0.2, -0.15) is 0 Å². The van der Waals surface area contributed by atoms with Gasteiger partial charge in [-0.25, -0.2) is 4.79 Å². The average Bonchev–Trinajstić information content (AvgIpc) is 2.59. The van der Waals surface area contributed by atoms with E-state index in [2.05, 4.69) is 0 Å². The fraction of sp³-hybridized carbons (Fsp3) is 0.190. The molecular weight excluding hydrogens is 328 g/mol. The van der Waals surface area contributed by atoms with Gasteiger partial charge in [-0.3, -0.25) is 0 Å². The van der Waals surface area contributed by atoms with Gasteiger partial charge in [0.2, 0.25) is 0 Å². The molecule has 0 bridgehead atoms. The zero-order chi connectivity index (χ0) is 18.4. The molecule has 1 aliphatic heterocycles. The Morgan fingerprint density at radius 2 is 2.12 bits per heavy atom. The highest BCUT2D eigenvalue weighted by atomic mass is 16.5. The first kappa shape index (κ1) is 16.4. The minimum atomic E-state index is -0.929. The fourth-order valence-electron chi connectivity index (χ4n) is 3.57. The largest absolute Gasteiger partial charge is 0.478 e. The minimum Gasteiger partial charge on any atom is -0.478 e. The molecule has 2 aliphatic carbocycles. The zero-order valence-corrected chi connectivity index (χ0v) is 14.4. The summed E-state index contributed by atoms with van der Waals surface area (Å²) in [5, 5.41) is 9.75. The minimum absolute atomic E-state index is 0.187. The van der Waals surface area contributed by atoms with E-state index in [1.165, 1.54) is 0 Å². The molecule has 4 rings (SSSR count). The summed E-state index contributed by atoms with van der Waals surface area (Å²) < 4.78 is 6.02. The van der Waals surface area contributed by atoms with E-state index in [1.807, 2.05) is 43.4 Å². The molecule has 0 saturated carbocycles. The predicted molar refractivity (Wildman–Crippen MR) is 101 cm³/mol. The first-order chi connectivity index (χ1) is 12.4. The van der Waals surface area contributed by atoms with E-state index >= 15 is 0 Å². The predicted octanol–water partition coefficient (Wildman–Crippen LogP) is 3.17. The van der Waals surface area contributed by atoms with Crippen LogP contribution in [0.4, 0.5) is 5.69 Å². The van der Waals surface area contributed by atoms with E-state index in [4.69, 9.17) is 16.2 Å². The van der Waals surface area contributed by atoms with E-state index < -0.39 is 5.97 Å². The normalized spacial score (nSPS) is 24.0. The lowest BCUT2D eigenvalue weighted by Gasteiger charge is -2.30. The molecule has 5 nitrogen and oxygen atoms in total. The molecule has 3 aliphatic rings. The van der Waals surface area contributed by atoms with Gasteiger partial charge >= 0.3 is 5.97 Å². The highest BCUT2D eigenvalue weighted by Gasteiger charge is 2.31. The molecule has 0 saturated heterocycles. The highest BCUT2D eigenvalue weighted by Crippen LogP contribution is 2.46. The number of carbonyl (C=O) groups is 1. The number of nitrogens with two attached hydrogens (primary N) is 2. The third-order valence-corrected chi connectivity index (χ3v) is 4.79. The average molecular weight is 348 g/mol. The number of benzene rings is 1. The lowest BCUT2D eigenvalue weighted by atomic mass is 9.80. The maximum Gasteiger partial charge on any atom is 0.335 e. The van der Waals surface area contributed by atoms with Crippen molar-refractivity contribution in [2.24, 2.45) is 11.7 Å². The molecule has 0 amide bonds. The van der Waals surface area contributed by atoms with E-state index in [1.54, 1.807) is 12.1 Å². The summed E-state index contributed by atoms with van der Waals surface area (Å²) in [6.07, 6.45) is 10.2. The third-order valence-electron chi connectivity index (χ3n) is 4.79. The van der Waals surface area contributed by atoms with Crippen LogP contribution in [0.1, 0.15) is 18.9 Å². The van der Waals surface area contributed by atoms with Crippen molar-refractivity contribution in [3.63, 3.8) is 0 Å². The first-order valence-corrected chi connectivity index (χ1v) is 8.58. The highest BCUT2D eigenvalue weighted by molar-refractivity contribution is 6.04. The second kappa shape index (κ2) is 6.04. The van der Waals surface area contributed by atoms with Crippen LogP contribution in [-0.4, -0.2) is 17.1 Å². The van der Waals surface area contributed by atoms with Gasteiger partial charge in [-0.05, 0) is 36.1 Å². The van der Waals surface area contributed by atoms with E-state index in [0.29, 0.717) is 28.3 Å². The Morgan fingerprint density at radius 1 is 1.31 bits per heavy atom. The van der Waals surface area contributed by atoms with Gasteiger partial charge in [-0.1, -0.05) is 31.2 Å². The van der Waals surface area contributed by atoms with Crippen molar-refractivity contribution in [1.82, 2.24) is 0 Å². The number of allylic oxidation sites excluding steroid dienone is 4. The number of rotatable bonds is 2. The standard InChI is InChI=1S/C21H20N2O3/c1-11-2-5-14(17(8-11)21(24)25)20-15-6-3-12(22)9-18(15)26-19-10-13(23)4-7-16(19)20/h3-12H,2,22-23H2,1H3,(H,24,25). The molecule has 26 heavy (non-hydrogen) atoms. The summed E-state index contributed by atoms with van der Waals surface area (Å²) in [4.78, 5) is 11.9. The number of aliphatic carboxylic acids is 1. The van der Waals surface area contributed by atoms with Gasteiger partial charge in [-0.15, -0.1) is 0 Å². The van der Waals surface area contributed by atoms with E-state index in [-0.39, 0.29) is 12.0 Å². The van der Waals surface area contributed by atoms with Crippen LogP contribution in [0, 0.1) is 5.92 Å². The van der Waals surface area contributed by atoms with Crippen molar-refractivity contribution >= 4 is 17.2 Å². The number of ether oxygens (including phenoxy) is 1. The van der Waals surface area contributed by atoms with Gasteiger partial charge in [0, 0.05) is 34.5 Å². The SMILES string of the molecule is CC1C=C(C(=O)O)C(C2=C3C=CC(N)C=C3Oc3cc(N)ccc32)=CC1. The molecule has 0 fully saturated rings. The van der Waals surface area contributed by atoms with Gasteiger partial charge in [0.15, 0.2) is 0 Å². The number of nitrogen functional groups attached to an aromatic ring is 1. The maximum atomic E-state index is 11.9. The third kappa shape index (κ3) is 2.66. The monoisotopic (exact) mass is 348 g/mol. The second-order valence-electron chi connectivity index (χ2n) is 6.83. The summed E-state index contributed by atoms with van der Waals surface area (Å²) >= 11 is 0. The van der Waals surface area contributed by atoms with Crippen molar-refractivity contribution in [2.45, 2.75) is 19.4 Å². The number of anilines is 1. The molecule has 1 aromatic carbocycles. The summed E-state index contributed by atoms with van der Waals surface area (Å²) in [5.74, 6) is 0.507. The Morgan fingerprint density at radius 3 is 2.88 bits per heavy atom. The summed E-state index contributed by atoms with van der Waals surface area (Å²) in [6.45, 7) is 2.01. The van der Waals surface area contributed by atoms with Crippen LogP contribution >= 0.6 is 0 Å². The molecule has 132 valence electrons. The lowest BCUT2D eigenvalue weighted by Crippen LogP contribution is -2.22. The Bertz CT molecular complexity index is 963.